The van der Waals surface area contributed by atoms with E-state index in [9.17, 15) is 19.8 Å². The van der Waals surface area contributed by atoms with E-state index in [1.165, 1.54) is 58.3 Å². The average molecular weight is 429 g/mol. The van der Waals surface area contributed by atoms with Crippen molar-refractivity contribution >= 4 is 23.7 Å². The molecular weight excluding hydrogens is 384 g/mol. The fraction of sp³-hybridized carbons (Fsp3) is 0.917. The van der Waals surface area contributed by atoms with Crippen LogP contribution in [0.5, 0.6) is 0 Å². The zero-order chi connectivity index (χ0) is 22.1. The summed E-state index contributed by atoms with van der Waals surface area (Å²) in [7, 11) is 0. The summed E-state index contributed by atoms with van der Waals surface area (Å²) in [5.41, 5.74) is 0. The molecule has 5 heteroatoms. The van der Waals surface area contributed by atoms with Crippen LogP contribution in [-0.4, -0.2) is 21.9 Å². The number of aliphatic carboxylic acids is 2. The molecule has 0 aliphatic heterocycles. The summed E-state index contributed by atoms with van der Waals surface area (Å²) < 4.78 is -1.19. The number of thioether (sulfide) groups is 1. The van der Waals surface area contributed by atoms with Crippen molar-refractivity contribution in [2.45, 2.75) is 134 Å². The van der Waals surface area contributed by atoms with E-state index in [0.717, 1.165) is 56.7 Å². The molecule has 0 aliphatic rings. The third-order valence-electron chi connectivity index (χ3n) is 6.00. The van der Waals surface area contributed by atoms with Gasteiger partial charge in [0, 0.05) is 5.25 Å². The Morgan fingerprint density at radius 3 is 1.55 bits per heavy atom. The Morgan fingerprint density at radius 1 is 0.759 bits per heavy atom. The van der Waals surface area contributed by atoms with Gasteiger partial charge in [-0.05, 0) is 32.6 Å². The van der Waals surface area contributed by atoms with E-state index in [0.29, 0.717) is 0 Å². The van der Waals surface area contributed by atoms with Crippen molar-refractivity contribution in [2.24, 2.45) is 5.92 Å². The molecule has 0 bridgehead atoms. The van der Waals surface area contributed by atoms with Crippen LogP contribution in [0.2, 0.25) is 0 Å². The standard InChI is InChI=1S/C24H46O4S/c1-5-7-9-10-11-12-13-14-15-17-19-21(18-16-8-6-2)24(4,23(27)28)29-20(3)22(25)26/h20-21H,5-19H2,1-4H3,(H,25,26)(H,27,28)/p-2. The van der Waals surface area contributed by atoms with Gasteiger partial charge in [0.2, 0.25) is 0 Å². The summed E-state index contributed by atoms with van der Waals surface area (Å²) in [5, 5.41) is 22.3. The molecule has 4 nitrogen and oxygen atoms in total. The lowest BCUT2D eigenvalue weighted by atomic mass is 9.83. The first-order valence-corrected chi connectivity index (χ1v) is 12.8. The molecule has 29 heavy (non-hydrogen) atoms. The van der Waals surface area contributed by atoms with Crippen molar-refractivity contribution in [3.63, 3.8) is 0 Å². The number of carbonyl (C=O) groups excluding carboxylic acids is 2. The maximum Gasteiger partial charge on any atom is 0.0575 e. The van der Waals surface area contributed by atoms with E-state index in [2.05, 4.69) is 13.8 Å². The van der Waals surface area contributed by atoms with E-state index in [1.54, 1.807) is 6.92 Å². The van der Waals surface area contributed by atoms with Crippen molar-refractivity contribution in [1.29, 1.82) is 0 Å². The second kappa shape index (κ2) is 17.0. The molecule has 172 valence electrons. The Hall–Kier alpha value is -0.710. The van der Waals surface area contributed by atoms with Crippen LogP contribution in [0.1, 0.15) is 124 Å². The molecule has 0 fully saturated rings. The summed E-state index contributed by atoms with van der Waals surface area (Å²) >= 11 is 0.987. The lowest BCUT2D eigenvalue weighted by Gasteiger charge is -2.40. The molecule has 0 amide bonds. The minimum absolute atomic E-state index is 0.0695. The Kier molecular flexibility index (Phi) is 16.6. The summed E-state index contributed by atoms with van der Waals surface area (Å²) in [6.07, 6.45) is 17.2. The van der Waals surface area contributed by atoms with E-state index in [1.807, 2.05) is 0 Å². The van der Waals surface area contributed by atoms with Crippen LogP contribution >= 0.6 is 11.8 Å². The van der Waals surface area contributed by atoms with Crippen LogP contribution < -0.4 is 10.2 Å². The van der Waals surface area contributed by atoms with Gasteiger partial charge in [0.1, 0.15) is 0 Å². The Bertz CT molecular complexity index is 441. The third kappa shape index (κ3) is 12.6. The van der Waals surface area contributed by atoms with Crippen molar-refractivity contribution in [3.05, 3.63) is 0 Å². The van der Waals surface area contributed by atoms with Gasteiger partial charge in [-0.25, -0.2) is 0 Å². The zero-order valence-electron chi connectivity index (χ0n) is 19.3. The lowest BCUT2D eigenvalue weighted by molar-refractivity contribution is -0.310. The Morgan fingerprint density at radius 2 is 1.14 bits per heavy atom. The smallest absolute Gasteiger partial charge is 0.0575 e. The van der Waals surface area contributed by atoms with Crippen LogP contribution in [-0.2, 0) is 9.59 Å². The van der Waals surface area contributed by atoms with E-state index in [4.69, 9.17) is 0 Å². The number of carbonyl (C=O) groups is 2. The van der Waals surface area contributed by atoms with Gasteiger partial charge in [-0.3, -0.25) is 0 Å². The van der Waals surface area contributed by atoms with Crippen molar-refractivity contribution in [1.82, 2.24) is 0 Å². The van der Waals surface area contributed by atoms with E-state index < -0.39 is 21.9 Å². The molecule has 0 rings (SSSR count). The minimum atomic E-state index is -1.21. The summed E-state index contributed by atoms with van der Waals surface area (Å²) in [6, 6.07) is 0. The number of hydrogen-bond donors (Lipinski definition) is 0. The quantitative estimate of drug-likeness (QED) is 0.258. The van der Waals surface area contributed by atoms with Gasteiger partial charge in [0.05, 0.1) is 16.7 Å². The summed E-state index contributed by atoms with van der Waals surface area (Å²) in [4.78, 5) is 23.2. The normalized spacial score (nSPS) is 15.6. The molecular formula is C24H44O4S-2. The fourth-order valence-corrected chi connectivity index (χ4v) is 5.30. The molecule has 0 radical (unpaired) electrons. The largest absolute Gasteiger partial charge is 0.549 e. The first-order valence-electron chi connectivity index (χ1n) is 11.9. The van der Waals surface area contributed by atoms with Gasteiger partial charge in [-0.2, -0.15) is 0 Å². The number of rotatable bonds is 20. The van der Waals surface area contributed by atoms with Crippen LogP contribution in [0.3, 0.4) is 0 Å². The third-order valence-corrected chi connectivity index (χ3v) is 7.54. The second-order valence-electron chi connectivity index (χ2n) is 8.64. The molecule has 0 aromatic rings. The average Bonchev–Trinajstić information content (AvgIpc) is 2.67. The predicted molar refractivity (Wildman–Crippen MR) is 120 cm³/mol. The number of carboxylic acid groups (broad SMARTS) is 2. The molecule has 0 saturated heterocycles. The first kappa shape index (κ1) is 28.3. The second-order valence-corrected chi connectivity index (χ2v) is 10.4. The fourth-order valence-electron chi connectivity index (χ4n) is 3.94. The minimum Gasteiger partial charge on any atom is -0.549 e. The maximum atomic E-state index is 12.0. The highest BCUT2D eigenvalue weighted by atomic mass is 32.2. The summed E-state index contributed by atoms with van der Waals surface area (Å²) in [5.74, 6) is -2.43. The van der Waals surface area contributed by atoms with Gasteiger partial charge in [-0.15, -0.1) is 11.8 Å². The van der Waals surface area contributed by atoms with Crippen LogP contribution in [0.25, 0.3) is 0 Å². The molecule has 0 N–H and O–H groups in total. The van der Waals surface area contributed by atoms with Gasteiger partial charge < -0.3 is 19.8 Å². The van der Waals surface area contributed by atoms with Crippen molar-refractivity contribution < 1.29 is 19.8 Å². The number of carboxylic acids is 2. The molecule has 3 unspecified atom stereocenters. The zero-order valence-corrected chi connectivity index (χ0v) is 20.1. The molecule has 0 heterocycles. The maximum absolute atomic E-state index is 12.0. The molecule has 0 spiro atoms. The predicted octanol–water partition coefficient (Wildman–Crippen LogP) is 4.87. The molecule has 0 saturated carbocycles. The first-order chi connectivity index (χ1) is 13.8. The highest BCUT2D eigenvalue weighted by Crippen LogP contribution is 2.41. The van der Waals surface area contributed by atoms with Gasteiger partial charge in [-0.1, -0.05) is 97.3 Å². The summed E-state index contributed by atoms with van der Waals surface area (Å²) in [6.45, 7) is 7.52. The van der Waals surface area contributed by atoms with Crippen LogP contribution in [0, 0.1) is 5.92 Å². The van der Waals surface area contributed by atoms with Crippen molar-refractivity contribution in [2.75, 3.05) is 0 Å². The highest BCUT2D eigenvalue weighted by molar-refractivity contribution is 8.02. The van der Waals surface area contributed by atoms with Gasteiger partial charge >= 0.3 is 0 Å². The van der Waals surface area contributed by atoms with E-state index >= 15 is 0 Å². The van der Waals surface area contributed by atoms with Gasteiger partial charge in [0.15, 0.2) is 0 Å². The highest BCUT2D eigenvalue weighted by Gasteiger charge is 2.37. The molecule has 0 aliphatic carbocycles. The SMILES string of the molecule is CCCCCCCCCCCCC(CCCCC)C(C)(SC(C)C(=O)[O-])C(=O)[O-]. The van der Waals surface area contributed by atoms with Crippen LogP contribution in [0.4, 0.5) is 0 Å². The number of unbranched alkanes of at least 4 members (excludes halogenated alkanes) is 11. The monoisotopic (exact) mass is 428 g/mol. The molecule has 0 aromatic heterocycles. The van der Waals surface area contributed by atoms with Crippen LogP contribution in [0.15, 0.2) is 0 Å². The topological polar surface area (TPSA) is 80.3 Å². The Labute approximate surface area is 183 Å². The lowest BCUT2D eigenvalue weighted by Crippen LogP contribution is -2.51. The van der Waals surface area contributed by atoms with Crippen molar-refractivity contribution in [3.8, 4) is 0 Å². The Balaban J connectivity index is 4.54. The molecule has 3 atom stereocenters. The molecule has 0 aromatic carbocycles. The van der Waals surface area contributed by atoms with E-state index in [-0.39, 0.29) is 5.92 Å². The number of hydrogen-bond acceptors (Lipinski definition) is 5. The van der Waals surface area contributed by atoms with Gasteiger partial charge in [0.25, 0.3) is 0 Å².